The van der Waals surface area contributed by atoms with Gasteiger partial charge in [-0.2, -0.15) is 0 Å². The van der Waals surface area contributed by atoms with Crippen molar-refractivity contribution >= 4 is 33.4 Å². The zero-order chi connectivity index (χ0) is 15.1. The second kappa shape index (κ2) is 4.77. The number of anilines is 1. The van der Waals surface area contributed by atoms with Crippen LogP contribution in [0.3, 0.4) is 0 Å². The highest BCUT2D eigenvalue weighted by Gasteiger charge is 2.13. The quantitative estimate of drug-likeness (QED) is 0.508. The van der Waals surface area contributed by atoms with Gasteiger partial charge in [-0.1, -0.05) is 24.3 Å². The van der Waals surface area contributed by atoms with Gasteiger partial charge in [-0.15, -0.1) is 0 Å². The van der Waals surface area contributed by atoms with E-state index in [9.17, 15) is 4.79 Å². The zero-order valence-electron chi connectivity index (χ0n) is 12.1. The summed E-state index contributed by atoms with van der Waals surface area (Å²) in [7, 11) is 0. The number of H-pyrrole nitrogens is 2. The standard InChI is InChI=1S/C18H15N3O/c1-11-17(14-4-2-3-5-15(14)20-11)21-18(22)13-7-6-12-8-9-19-16(12)10-13/h2-10,19-20H,1H3,(H,21,22). The number of para-hydroxylation sites is 1. The third kappa shape index (κ3) is 1.97. The number of hydrogen-bond acceptors (Lipinski definition) is 1. The first-order valence-electron chi connectivity index (χ1n) is 7.18. The van der Waals surface area contributed by atoms with E-state index >= 15 is 0 Å². The molecular weight excluding hydrogens is 274 g/mol. The van der Waals surface area contributed by atoms with Gasteiger partial charge in [0.25, 0.3) is 5.91 Å². The number of fused-ring (bicyclic) bond motifs is 2. The van der Waals surface area contributed by atoms with Crippen LogP contribution in [0.1, 0.15) is 16.1 Å². The molecule has 4 aromatic rings. The van der Waals surface area contributed by atoms with Crippen LogP contribution in [0.25, 0.3) is 21.8 Å². The van der Waals surface area contributed by atoms with E-state index in [1.54, 1.807) is 0 Å². The van der Waals surface area contributed by atoms with Crippen LogP contribution in [0.2, 0.25) is 0 Å². The predicted octanol–water partition coefficient (Wildman–Crippen LogP) is 4.21. The van der Waals surface area contributed by atoms with E-state index in [1.165, 1.54) is 0 Å². The number of nitrogens with one attached hydrogen (secondary N) is 3. The highest BCUT2D eigenvalue weighted by molar-refractivity contribution is 6.10. The van der Waals surface area contributed by atoms with Crippen LogP contribution in [-0.2, 0) is 0 Å². The number of carbonyl (C=O) groups excluding carboxylic acids is 1. The first-order valence-corrected chi connectivity index (χ1v) is 7.18. The average Bonchev–Trinajstić information content (AvgIpc) is 3.11. The van der Waals surface area contributed by atoms with Crippen LogP contribution in [0.15, 0.2) is 54.7 Å². The number of benzene rings is 2. The average molecular weight is 289 g/mol. The van der Waals surface area contributed by atoms with Crippen molar-refractivity contribution in [3.05, 3.63) is 66.0 Å². The van der Waals surface area contributed by atoms with Gasteiger partial charge in [0.2, 0.25) is 0 Å². The molecule has 0 unspecified atom stereocenters. The minimum absolute atomic E-state index is 0.107. The van der Waals surface area contributed by atoms with Gasteiger partial charge >= 0.3 is 0 Å². The molecule has 0 spiro atoms. The second-order valence-corrected chi connectivity index (χ2v) is 5.40. The van der Waals surface area contributed by atoms with E-state index in [0.717, 1.165) is 33.2 Å². The van der Waals surface area contributed by atoms with Crippen molar-refractivity contribution in [3.8, 4) is 0 Å². The van der Waals surface area contributed by atoms with Crippen molar-refractivity contribution in [1.29, 1.82) is 0 Å². The molecule has 0 saturated carbocycles. The highest BCUT2D eigenvalue weighted by Crippen LogP contribution is 2.27. The van der Waals surface area contributed by atoms with E-state index in [-0.39, 0.29) is 5.91 Å². The predicted molar refractivity (Wildman–Crippen MR) is 89.3 cm³/mol. The van der Waals surface area contributed by atoms with Crippen molar-refractivity contribution in [3.63, 3.8) is 0 Å². The third-order valence-electron chi connectivity index (χ3n) is 3.95. The minimum atomic E-state index is -0.107. The maximum absolute atomic E-state index is 12.5. The van der Waals surface area contributed by atoms with E-state index in [2.05, 4.69) is 15.3 Å². The molecular formula is C18H15N3O. The van der Waals surface area contributed by atoms with Crippen LogP contribution in [0.5, 0.6) is 0 Å². The fraction of sp³-hybridized carbons (Fsp3) is 0.0556. The van der Waals surface area contributed by atoms with Crippen LogP contribution >= 0.6 is 0 Å². The molecule has 3 N–H and O–H groups in total. The molecule has 0 fully saturated rings. The van der Waals surface area contributed by atoms with Crippen molar-refractivity contribution in [2.24, 2.45) is 0 Å². The molecule has 0 aliphatic heterocycles. The lowest BCUT2D eigenvalue weighted by Gasteiger charge is -2.06. The summed E-state index contributed by atoms with van der Waals surface area (Å²) in [4.78, 5) is 19.0. The van der Waals surface area contributed by atoms with Gasteiger partial charge in [0.1, 0.15) is 0 Å². The van der Waals surface area contributed by atoms with E-state index in [1.807, 2.05) is 61.7 Å². The zero-order valence-corrected chi connectivity index (χ0v) is 12.1. The molecule has 1 amide bonds. The normalized spacial score (nSPS) is 11.1. The Hall–Kier alpha value is -3.01. The van der Waals surface area contributed by atoms with Crippen molar-refractivity contribution in [2.75, 3.05) is 5.32 Å². The number of aryl methyl sites for hydroxylation is 1. The molecule has 0 atom stereocenters. The molecule has 0 aliphatic carbocycles. The Morgan fingerprint density at radius 1 is 1.05 bits per heavy atom. The van der Waals surface area contributed by atoms with Gasteiger partial charge in [0, 0.05) is 33.9 Å². The maximum atomic E-state index is 12.5. The lowest BCUT2D eigenvalue weighted by atomic mass is 10.1. The summed E-state index contributed by atoms with van der Waals surface area (Å²) >= 11 is 0. The maximum Gasteiger partial charge on any atom is 0.255 e. The molecule has 2 aromatic heterocycles. The summed E-state index contributed by atoms with van der Waals surface area (Å²) < 4.78 is 0. The molecule has 108 valence electrons. The Morgan fingerprint density at radius 3 is 2.82 bits per heavy atom. The van der Waals surface area contributed by atoms with E-state index in [0.29, 0.717) is 5.56 Å². The summed E-state index contributed by atoms with van der Waals surface area (Å²) in [5, 5.41) is 5.14. The van der Waals surface area contributed by atoms with Gasteiger partial charge in [-0.3, -0.25) is 4.79 Å². The van der Waals surface area contributed by atoms with Crippen molar-refractivity contribution in [2.45, 2.75) is 6.92 Å². The molecule has 0 aliphatic rings. The summed E-state index contributed by atoms with van der Waals surface area (Å²) in [5.41, 5.74) is 4.42. The summed E-state index contributed by atoms with van der Waals surface area (Å²) in [6, 6.07) is 15.6. The first kappa shape index (κ1) is 12.7. The molecule has 4 rings (SSSR count). The van der Waals surface area contributed by atoms with Gasteiger partial charge in [0.05, 0.1) is 5.69 Å². The topological polar surface area (TPSA) is 60.7 Å². The summed E-state index contributed by atoms with van der Waals surface area (Å²) in [6.45, 7) is 1.96. The molecule has 2 aromatic carbocycles. The fourth-order valence-electron chi connectivity index (χ4n) is 2.81. The van der Waals surface area contributed by atoms with E-state index < -0.39 is 0 Å². The number of rotatable bonds is 2. The summed E-state index contributed by atoms with van der Waals surface area (Å²) in [5.74, 6) is -0.107. The Kier molecular flexibility index (Phi) is 2.76. The molecule has 22 heavy (non-hydrogen) atoms. The number of hydrogen-bond donors (Lipinski definition) is 3. The smallest absolute Gasteiger partial charge is 0.255 e. The van der Waals surface area contributed by atoms with Crippen LogP contribution in [-0.4, -0.2) is 15.9 Å². The van der Waals surface area contributed by atoms with Crippen LogP contribution in [0, 0.1) is 6.92 Å². The second-order valence-electron chi connectivity index (χ2n) is 5.40. The van der Waals surface area contributed by atoms with Gasteiger partial charge in [-0.05, 0) is 36.6 Å². The van der Waals surface area contributed by atoms with Crippen molar-refractivity contribution in [1.82, 2.24) is 9.97 Å². The lowest BCUT2D eigenvalue weighted by molar-refractivity contribution is 0.102. The Morgan fingerprint density at radius 2 is 1.91 bits per heavy atom. The molecule has 0 radical (unpaired) electrons. The SMILES string of the molecule is Cc1[nH]c2ccccc2c1NC(=O)c1ccc2cc[nH]c2c1. The largest absolute Gasteiger partial charge is 0.361 e. The van der Waals surface area contributed by atoms with Gasteiger partial charge < -0.3 is 15.3 Å². The molecule has 4 nitrogen and oxygen atoms in total. The lowest BCUT2D eigenvalue weighted by Crippen LogP contribution is -2.12. The fourth-order valence-corrected chi connectivity index (χ4v) is 2.81. The first-order chi connectivity index (χ1) is 10.7. The van der Waals surface area contributed by atoms with Crippen molar-refractivity contribution < 1.29 is 4.79 Å². The van der Waals surface area contributed by atoms with Gasteiger partial charge in [-0.25, -0.2) is 0 Å². The van der Waals surface area contributed by atoms with Crippen LogP contribution in [0.4, 0.5) is 5.69 Å². The molecule has 0 bridgehead atoms. The van der Waals surface area contributed by atoms with E-state index in [4.69, 9.17) is 0 Å². The molecule has 2 heterocycles. The minimum Gasteiger partial charge on any atom is -0.361 e. The summed E-state index contributed by atoms with van der Waals surface area (Å²) in [6.07, 6.45) is 1.87. The Balaban J connectivity index is 1.72. The molecule has 4 heteroatoms. The van der Waals surface area contributed by atoms with Crippen LogP contribution < -0.4 is 5.32 Å². The monoisotopic (exact) mass is 289 g/mol. The number of aromatic amines is 2. The number of carbonyl (C=O) groups is 1. The Bertz CT molecular complexity index is 994. The number of amides is 1. The highest BCUT2D eigenvalue weighted by atomic mass is 16.1. The third-order valence-corrected chi connectivity index (χ3v) is 3.95. The molecule has 0 saturated heterocycles. The van der Waals surface area contributed by atoms with Gasteiger partial charge in [0.15, 0.2) is 0 Å². The number of aromatic nitrogens is 2. The Labute approximate surface area is 127 Å².